The number of aryl methyl sites for hydroxylation is 1. The maximum absolute atomic E-state index is 12.5. The number of carbonyl (C=O) groups is 1. The van der Waals surface area contributed by atoms with E-state index in [-0.39, 0.29) is 5.57 Å². The van der Waals surface area contributed by atoms with Gasteiger partial charge in [-0.25, -0.2) is 0 Å². The average Bonchev–Trinajstić information content (AvgIpc) is 2.74. The van der Waals surface area contributed by atoms with Crippen LogP contribution in [0.3, 0.4) is 0 Å². The molecule has 0 fully saturated rings. The molecular formula is C24H17BrClIN2O2. The number of amides is 1. The predicted molar refractivity (Wildman–Crippen MR) is 136 cm³/mol. The summed E-state index contributed by atoms with van der Waals surface area (Å²) in [6.45, 7) is 2.29. The first-order valence-electron chi connectivity index (χ1n) is 9.22. The molecular weight excluding hydrogens is 591 g/mol. The van der Waals surface area contributed by atoms with E-state index in [1.54, 1.807) is 24.3 Å². The van der Waals surface area contributed by atoms with Gasteiger partial charge in [-0.3, -0.25) is 4.79 Å². The Balaban J connectivity index is 1.77. The van der Waals surface area contributed by atoms with Gasteiger partial charge >= 0.3 is 0 Å². The van der Waals surface area contributed by atoms with Crippen LogP contribution in [0.4, 0.5) is 5.69 Å². The first-order chi connectivity index (χ1) is 14.9. The van der Waals surface area contributed by atoms with Crippen molar-refractivity contribution in [3.63, 3.8) is 0 Å². The van der Waals surface area contributed by atoms with Crippen LogP contribution in [0.25, 0.3) is 6.08 Å². The monoisotopic (exact) mass is 606 g/mol. The quantitative estimate of drug-likeness (QED) is 0.184. The van der Waals surface area contributed by atoms with Crippen LogP contribution >= 0.6 is 50.1 Å². The van der Waals surface area contributed by atoms with Crippen LogP contribution < -0.4 is 10.1 Å². The van der Waals surface area contributed by atoms with Crippen molar-refractivity contribution in [2.45, 2.75) is 13.5 Å². The topological polar surface area (TPSA) is 62.1 Å². The normalized spacial score (nSPS) is 11.0. The molecule has 0 aliphatic carbocycles. The Labute approximate surface area is 208 Å². The van der Waals surface area contributed by atoms with Crippen molar-refractivity contribution < 1.29 is 9.53 Å². The number of ether oxygens (including phenoxy) is 1. The Bertz CT molecular complexity index is 1160. The summed E-state index contributed by atoms with van der Waals surface area (Å²) in [7, 11) is 0. The number of nitrogens with one attached hydrogen (secondary N) is 1. The Kier molecular flexibility index (Phi) is 8.13. The van der Waals surface area contributed by atoms with Gasteiger partial charge in [0.2, 0.25) is 0 Å². The summed E-state index contributed by atoms with van der Waals surface area (Å²) in [6, 6.07) is 20.5. The van der Waals surface area contributed by atoms with Crippen molar-refractivity contribution in [1.29, 1.82) is 5.26 Å². The van der Waals surface area contributed by atoms with Crippen LogP contribution in [-0.4, -0.2) is 5.91 Å². The van der Waals surface area contributed by atoms with Gasteiger partial charge in [-0.1, -0.05) is 47.5 Å². The zero-order valence-electron chi connectivity index (χ0n) is 16.5. The smallest absolute Gasteiger partial charge is 0.266 e. The second-order valence-corrected chi connectivity index (χ2v) is 9.11. The molecule has 0 atom stereocenters. The third-order valence-corrected chi connectivity index (χ3v) is 6.10. The fraction of sp³-hybridized carbons (Fsp3) is 0.0833. The van der Waals surface area contributed by atoms with E-state index < -0.39 is 5.91 Å². The standard InChI is InChI=1S/C24H17BrClIN2O2/c1-15-6-8-19(9-7-15)29-24(30)18(13-28)10-16-11-20(25)23(22(27)12-16)31-14-17-4-2-3-5-21(17)26/h2-12H,14H2,1H3,(H,29,30)/b18-10+. The lowest BCUT2D eigenvalue weighted by Gasteiger charge is -2.12. The number of nitrogens with zero attached hydrogens (tertiary/aromatic N) is 1. The van der Waals surface area contributed by atoms with Crippen molar-refractivity contribution in [2.75, 3.05) is 5.32 Å². The molecule has 3 rings (SSSR count). The maximum atomic E-state index is 12.5. The molecule has 7 heteroatoms. The van der Waals surface area contributed by atoms with Crippen LogP contribution in [0.15, 0.2) is 70.7 Å². The lowest BCUT2D eigenvalue weighted by atomic mass is 10.1. The van der Waals surface area contributed by atoms with Gasteiger partial charge < -0.3 is 10.1 Å². The van der Waals surface area contributed by atoms with Gasteiger partial charge in [-0.2, -0.15) is 5.26 Å². The Hall–Kier alpha value is -2.34. The summed E-state index contributed by atoms with van der Waals surface area (Å²) >= 11 is 11.9. The van der Waals surface area contributed by atoms with Gasteiger partial charge in [0.1, 0.15) is 24.0 Å². The lowest BCUT2D eigenvalue weighted by Crippen LogP contribution is -2.13. The Morgan fingerprint density at radius 2 is 1.94 bits per heavy atom. The fourth-order valence-corrected chi connectivity index (χ4v) is 4.68. The predicted octanol–water partition coefficient (Wildman–Crippen LogP) is 7.14. The minimum atomic E-state index is -0.462. The first kappa shape index (κ1) is 23.3. The largest absolute Gasteiger partial charge is 0.487 e. The Morgan fingerprint density at radius 3 is 2.58 bits per heavy atom. The number of anilines is 1. The van der Waals surface area contributed by atoms with Gasteiger partial charge in [0, 0.05) is 16.3 Å². The molecule has 0 unspecified atom stereocenters. The van der Waals surface area contributed by atoms with Crippen LogP contribution in [0.2, 0.25) is 5.02 Å². The van der Waals surface area contributed by atoms with E-state index >= 15 is 0 Å². The van der Waals surface area contributed by atoms with Crippen LogP contribution in [0, 0.1) is 21.8 Å². The van der Waals surface area contributed by atoms with Gasteiger partial charge in [0.05, 0.1) is 8.04 Å². The zero-order chi connectivity index (χ0) is 22.4. The number of benzene rings is 3. The molecule has 0 radical (unpaired) electrons. The van der Waals surface area contributed by atoms with Gasteiger partial charge in [0.25, 0.3) is 5.91 Å². The first-order valence-corrected chi connectivity index (χ1v) is 11.5. The summed E-state index contributed by atoms with van der Waals surface area (Å²) < 4.78 is 7.50. The van der Waals surface area contributed by atoms with Crippen molar-refractivity contribution in [2.24, 2.45) is 0 Å². The minimum absolute atomic E-state index is 0.00742. The fourth-order valence-electron chi connectivity index (χ4n) is 2.72. The van der Waals surface area contributed by atoms with Crippen LogP contribution in [0.5, 0.6) is 5.75 Å². The number of hydrogen-bond donors (Lipinski definition) is 1. The number of rotatable bonds is 6. The highest BCUT2D eigenvalue weighted by molar-refractivity contribution is 14.1. The minimum Gasteiger partial charge on any atom is -0.487 e. The van der Waals surface area contributed by atoms with E-state index in [4.69, 9.17) is 16.3 Å². The molecule has 4 nitrogen and oxygen atoms in total. The second kappa shape index (κ2) is 10.8. The van der Waals surface area contributed by atoms with Crippen molar-refractivity contribution in [1.82, 2.24) is 0 Å². The average molecular weight is 608 g/mol. The summed E-state index contributed by atoms with van der Waals surface area (Å²) in [6.07, 6.45) is 1.55. The number of hydrogen-bond acceptors (Lipinski definition) is 3. The molecule has 0 saturated heterocycles. The molecule has 31 heavy (non-hydrogen) atoms. The summed E-state index contributed by atoms with van der Waals surface area (Å²) in [4.78, 5) is 12.5. The van der Waals surface area contributed by atoms with E-state index in [9.17, 15) is 10.1 Å². The van der Waals surface area contributed by atoms with Gasteiger partial charge in [-0.05, 0) is 87.4 Å². The van der Waals surface area contributed by atoms with Gasteiger partial charge in [-0.15, -0.1) is 0 Å². The molecule has 3 aromatic rings. The van der Waals surface area contributed by atoms with E-state index in [0.29, 0.717) is 33.1 Å². The number of halogens is 3. The molecule has 0 aliphatic rings. The van der Waals surface area contributed by atoms with Crippen LogP contribution in [0.1, 0.15) is 16.7 Å². The molecule has 1 N–H and O–H groups in total. The molecule has 3 aromatic carbocycles. The molecule has 0 heterocycles. The molecule has 1 amide bonds. The van der Waals surface area contributed by atoms with E-state index in [2.05, 4.69) is 43.8 Å². The molecule has 0 saturated carbocycles. The zero-order valence-corrected chi connectivity index (χ0v) is 21.0. The second-order valence-electron chi connectivity index (χ2n) is 6.68. The summed E-state index contributed by atoms with van der Waals surface area (Å²) in [5.74, 6) is 0.205. The Morgan fingerprint density at radius 1 is 1.23 bits per heavy atom. The van der Waals surface area contributed by atoms with Crippen LogP contribution in [-0.2, 0) is 11.4 Å². The third kappa shape index (κ3) is 6.33. The highest BCUT2D eigenvalue weighted by atomic mass is 127. The summed E-state index contributed by atoms with van der Waals surface area (Å²) in [5.41, 5.74) is 3.32. The van der Waals surface area contributed by atoms with Gasteiger partial charge in [0.15, 0.2) is 0 Å². The lowest BCUT2D eigenvalue weighted by molar-refractivity contribution is -0.112. The number of nitriles is 1. The third-order valence-electron chi connectivity index (χ3n) is 4.34. The summed E-state index contributed by atoms with van der Waals surface area (Å²) in [5, 5.41) is 12.9. The van der Waals surface area contributed by atoms with Crippen molar-refractivity contribution in [3.8, 4) is 11.8 Å². The van der Waals surface area contributed by atoms with E-state index in [1.807, 2.05) is 55.5 Å². The van der Waals surface area contributed by atoms with Crippen molar-refractivity contribution in [3.05, 3.63) is 96.0 Å². The highest BCUT2D eigenvalue weighted by Crippen LogP contribution is 2.34. The molecule has 156 valence electrons. The molecule has 0 bridgehead atoms. The van der Waals surface area contributed by atoms with Crippen molar-refractivity contribution >= 4 is 67.8 Å². The molecule has 0 spiro atoms. The van der Waals surface area contributed by atoms with E-state index in [1.165, 1.54) is 0 Å². The van der Waals surface area contributed by atoms with E-state index in [0.717, 1.165) is 14.7 Å². The maximum Gasteiger partial charge on any atom is 0.266 e. The molecule has 0 aliphatic heterocycles. The SMILES string of the molecule is Cc1ccc(NC(=O)/C(C#N)=C/c2cc(Br)c(OCc3ccccc3Cl)c(I)c2)cc1. The number of carbonyl (C=O) groups excluding carboxylic acids is 1. The highest BCUT2D eigenvalue weighted by Gasteiger charge is 2.13. The molecule has 0 aromatic heterocycles.